The zero-order chi connectivity index (χ0) is 17.4. The number of carbonyl (C=O) groups excluding carboxylic acids is 1. The molecular weight excluding hydrogens is 352 g/mol. The Labute approximate surface area is 159 Å². The molecule has 2 atom stereocenters. The molecule has 2 aliphatic rings. The summed E-state index contributed by atoms with van der Waals surface area (Å²) in [5.74, 6) is 0.602. The number of tetrazole rings is 1. The molecule has 1 heterocycles. The molecule has 26 heavy (non-hydrogen) atoms. The molecule has 0 spiro atoms. The van der Waals surface area contributed by atoms with Gasteiger partial charge in [0.1, 0.15) is 0 Å². The highest BCUT2D eigenvalue weighted by Gasteiger charge is 2.37. The van der Waals surface area contributed by atoms with Gasteiger partial charge in [-0.25, -0.2) is 4.68 Å². The zero-order valence-corrected chi connectivity index (χ0v) is 15.7. The highest BCUT2D eigenvalue weighted by molar-refractivity contribution is 5.94. The summed E-state index contributed by atoms with van der Waals surface area (Å²) in [5.41, 5.74) is 7.59. The number of nitrogens with two attached hydrogens (primary N) is 1. The van der Waals surface area contributed by atoms with Gasteiger partial charge in [-0.2, -0.15) is 0 Å². The number of aromatic nitrogens is 4. The average Bonchev–Trinajstić information content (AvgIpc) is 3.31. The second kappa shape index (κ2) is 7.32. The van der Waals surface area contributed by atoms with E-state index in [0.29, 0.717) is 6.04 Å². The van der Waals surface area contributed by atoms with E-state index < -0.39 is 5.54 Å². The van der Waals surface area contributed by atoms with Crippen molar-refractivity contribution in [2.24, 2.45) is 11.7 Å². The van der Waals surface area contributed by atoms with E-state index in [4.69, 9.17) is 5.73 Å². The predicted octanol–water partition coefficient (Wildman–Crippen LogP) is 2.94. The van der Waals surface area contributed by atoms with Gasteiger partial charge < -0.3 is 11.1 Å². The lowest BCUT2D eigenvalue weighted by Crippen LogP contribution is -2.51. The van der Waals surface area contributed by atoms with E-state index in [2.05, 4.69) is 20.8 Å². The summed E-state index contributed by atoms with van der Waals surface area (Å²) < 4.78 is 1.87. The lowest BCUT2D eigenvalue weighted by Gasteiger charge is -2.37. The Morgan fingerprint density at radius 1 is 1.31 bits per heavy atom. The van der Waals surface area contributed by atoms with Crippen molar-refractivity contribution in [3.63, 3.8) is 0 Å². The molecule has 0 aliphatic heterocycles. The van der Waals surface area contributed by atoms with Crippen molar-refractivity contribution in [3.8, 4) is 11.4 Å². The molecule has 3 N–H and O–H groups in total. The van der Waals surface area contributed by atoms with Crippen molar-refractivity contribution < 1.29 is 4.79 Å². The van der Waals surface area contributed by atoms with E-state index in [1.165, 1.54) is 0 Å². The lowest BCUT2D eigenvalue weighted by molar-refractivity contribution is -0.122. The topological polar surface area (TPSA) is 98.7 Å². The Bertz CT molecular complexity index is 785. The standard InChI is InChI=1S/C18H24N6O.ClH/c1-18(19)10-3-2-7-15(18)17(25)20-13-6-4-5-12(11-13)16-21-22-23-24(16)14-8-9-14;/h4-6,11,14-15H,2-3,7-10,19H2,1H3,(H,20,25);1H. The van der Waals surface area contributed by atoms with Crippen LogP contribution in [0.1, 0.15) is 51.5 Å². The molecule has 2 aliphatic carbocycles. The van der Waals surface area contributed by atoms with Crippen molar-refractivity contribution >= 4 is 24.0 Å². The largest absolute Gasteiger partial charge is 0.326 e. The summed E-state index contributed by atoms with van der Waals surface area (Å²) in [6, 6.07) is 8.11. The van der Waals surface area contributed by atoms with Crippen molar-refractivity contribution in [2.75, 3.05) is 5.32 Å². The van der Waals surface area contributed by atoms with Crippen molar-refractivity contribution in [1.82, 2.24) is 20.2 Å². The van der Waals surface area contributed by atoms with Crippen LogP contribution in [0.15, 0.2) is 24.3 Å². The first kappa shape index (κ1) is 18.8. The fourth-order valence-electron chi connectivity index (χ4n) is 3.70. The van der Waals surface area contributed by atoms with Crippen LogP contribution in [0.5, 0.6) is 0 Å². The third kappa shape index (κ3) is 3.73. The van der Waals surface area contributed by atoms with E-state index in [-0.39, 0.29) is 24.2 Å². The molecule has 4 rings (SSSR count). The molecule has 2 unspecified atom stereocenters. The molecule has 2 fully saturated rings. The maximum Gasteiger partial charge on any atom is 0.229 e. The van der Waals surface area contributed by atoms with E-state index >= 15 is 0 Å². The molecule has 140 valence electrons. The minimum absolute atomic E-state index is 0. The molecule has 8 heteroatoms. The molecule has 1 aromatic heterocycles. The first-order valence-electron chi connectivity index (χ1n) is 9.03. The highest BCUT2D eigenvalue weighted by Crippen LogP contribution is 2.37. The van der Waals surface area contributed by atoms with Gasteiger partial charge in [-0.3, -0.25) is 4.79 Å². The summed E-state index contributed by atoms with van der Waals surface area (Å²) in [6.07, 6.45) is 6.12. The molecule has 0 bridgehead atoms. The number of hydrogen-bond acceptors (Lipinski definition) is 5. The normalized spacial score (nSPS) is 25.4. The quantitative estimate of drug-likeness (QED) is 0.854. The molecule has 0 radical (unpaired) electrons. The fraction of sp³-hybridized carbons (Fsp3) is 0.556. The summed E-state index contributed by atoms with van der Waals surface area (Å²) in [4.78, 5) is 12.7. The van der Waals surface area contributed by atoms with Crippen LogP contribution in [0.2, 0.25) is 0 Å². The van der Waals surface area contributed by atoms with E-state index in [0.717, 1.165) is 55.6 Å². The number of benzene rings is 1. The first-order valence-corrected chi connectivity index (χ1v) is 9.03. The zero-order valence-electron chi connectivity index (χ0n) is 14.9. The van der Waals surface area contributed by atoms with E-state index in [1.807, 2.05) is 35.9 Å². The summed E-state index contributed by atoms with van der Waals surface area (Å²) in [7, 11) is 0. The summed E-state index contributed by atoms with van der Waals surface area (Å²) in [6.45, 7) is 1.98. The highest BCUT2D eigenvalue weighted by atomic mass is 35.5. The van der Waals surface area contributed by atoms with Gasteiger partial charge in [0.2, 0.25) is 5.91 Å². The SMILES string of the molecule is CC1(N)CCCCC1C(=O)Nc1cccc(-c2nnnn2C2CC2)c1.Cl. The van der Waals surface area contributed by atoms with Crippen LogP contribution in [0.3, 0.4) is 0 Å². The van der Waals surface area contributed by atoms with Crippen LogP contribution < -0.4 is 11.1 Å². The summed E-state index contributed by atoms with van der Waals surface area (Å²) >= 11 is 0. The minimum Gasteiger partial charge on any atom is -0.326 e. The van der Waals surface area contributed by atoms with Crippen LogP contribution in [-0.4, -0.2) is 31.7 Å². The van der Waals surface area contributed by atoms with Gasteiger partial charge in [0.15, 0.2) is 5.82 Å². The fourth-order valence-corrected chi connectivity index (χ4v) is 3.70. The Hall–Kier alpha value is -1.99. The molecule has 1 amide bonds. The van der Waals surface area contributed by atoms with Crippen LogP contribution >= 0.6 is 12.4 Å². The predicted molar refractivity (Wildman–Crippen MR) is 102 cm³/mol. The number of halogens is 1. The third-order valence-corrected chi connectivity index (χ3v) is 5.34. The van der Waals surface area contributed by atoms with Gasteiger partial charge in [-0.15, -0.1) is 17.5 Å². The number of hydrogen-bond donors (Lipinski definition) is 2. The van der Waals surface area contributed by atoms with Gasteiger partial charge >= 0.3 is 0 Å². The number of nitrogens with one attached hydrogen (secondary N) is 1. The van der Waals surface area contributed by atoms with Gasteiger partial charge in [-0.1, -0.05) is 25.0 Å². The van der Waals surface area contributed by atoms with Crippen LogP contribution in [0, 0.1) is 5.92 Å². The van der Waals surface area contributed by atoms with Gasteiger partial charge in [0.25, 0.3) is 0 Å². The Morgan fingerprint density at radius 2 is 2.12 bits per heavy atom. The maximum absolute atomic E-state index is 12.7. The Morgan fingerprint density at radius 3 is 2.85 bits per heavy atom. The first-order chi connectivity index (χ1) is 12.0. The van der Waals surface area contributed by atoms with Crippen molar-refractivity contribution in [2.45, 2.75) is 57.0 Å². The molecular formula is C18H25ClN6O. The van der Waals surface area contributed by atoms with E-state index in [1.54, 1.807) is 0 Å². The molecule has 2 saturated carbocycles. The average molecular weight is 377 g/mol. The number of anilines is 1. The monoisotopic (exact) mass is 376 g/mol. The van der Waals surface area contributed by atoms with Gasteiger partial charge in [-0.05, 0) is 55.2 Å². The Kier molecular flexibility index (Phi) is 5.29. The van der Waals surface area contributed by atoms with Crippen molar-refractivity contribution in [3.05, 3.63) is 24.3 Å². The second-order valence-corrected chi connectivity index (χ2v) is 7.55. The smallest absolute Gasteiger partial charge is 0.229 e. The van der Waals surface area contributed by atoms with Gasteiger partial charge in [0.05, 0.1) is 12.0 Å². The molecule has 7 nitrogen and oxygen atoms in total. The van der Waals surface area contributed by atoms with Crippen LogP contribution in [0.25, 0.3) is 11.4 Å². The third-order valence-electron chi connectivity index (χ3n) is 5.34. The van der Waals surface area contributed by atoms with E-state index in [9.17, 15) is 4.79 Å². The lowest BCUT2D eigenvalue weighted by atomic mass is 9.74. The Balaban J connectivity index is 0.00000196. The molecule has 0 saturated heterocycles. The number of amides is 1. The van der Waals surface area contributed by atoms with Crippen LogP contribution in [-0.2, 0) is 4.79 Å². The summed E-state index contributed by atoms with van der Waals surface area (Å²) in [5, 5.41) is 15.1. The van der Waals surface area contributed by atoms with Crippen molar-refractivity contribution in [1.29, 1.82) is 0 Å². The second-order valence-electron chi connectivity index (χ2n) is 7.55. The van der Waals surface area contributed by atoms with Crippen LogP contribution in [0.4, 0.5) is 5.69 Å². The molecule has 1 aromatic carbocycles. The number of nitrogens with zero attached hydrogens (tertiary/aromatic N) is 4. The molecule has 2 aromatic rings. The number of rotatable bonds is 4. The van der Waals surface area contributed by atoms with Gasteiger partial charge in [0, 0.05) is 16.8 Å². The number of carbonyl (C=O) groups is 1. The minimum atomic E-state index is -0.435. The maximum atomic E-state index is 12.7.